The fraction of sp³-hybridized carbons (Fsp3) is 0.0769. The summed E-state index contributed by atoms with van der Waals surface area (Å²) in [6.45, 7) is 0.325. The Bertz CT molecular complexity index is 513. The molecule has 0 atom stereocenters. The topological polar surface area (TPSA) is 9.23 Å². The Hall–Kier alpha value is -1.06. The lowest BCUT2D eigenvalue weighted by atomic mass is 10.2. The van der Waals surface area contributed by atoms with Crippen molar-refractivity contribution in [2.24, 2.45) is 0 Å². The van der Waals surface area contributed by atoms with Gasteiger partial charge in [-0.15, -0.1) is 0 Å². The first-order valence-electron chi connectivity index (χ1n) is 4.97. The van der Waals surface area contributed by atoms with Crippen molar-refractivity contribution >= 4 is 27.5 Å². The summed E-state index contributed by atoms with van der Waals surface area (Å²) in [5.41, 5.74) is 0.975. The molecule has 2 rings (SSSR count). The predicted molar refractivity (Wildman–Crippen MR) is 69.9 cm³/mol. The van der Waals surface area contributed by atoms with Crippen LogP contribution < -0.4 is 4.74 Å². The largest absolute Gasteiger partial charge is 0.486 e. The van der Waals surface area contributed by atoms with Gasteiger partial charge in [0, 0.05) is 9.50 Å². The zero-order valence-corrected chi connectivity index (χ0v) is 11.1. The van der Waals surface area contributed by atoms with Crippen molar-refractivity contribution in [2.45, 2.75) is 6.61 Å². The number of hydrogen-bond acceptors (Lipinski definition) is 1. The lowest BCUT2D eigenvalue weighted by molar-refractivity contribution is 0.290. The zero-order chi connectivity index (χ0) is 12.3. The Morgan fingerprint density at radius 3 is 2.47 bits per heavy atom. The van der Waals surface area contributed by atoms with Crippen molar-refractivity contribution in [2.75, 3.05) is 0 Å². The Morgan fingerprint density at radius 2 is 1.82 bits per heavy atom. The average Bonchev–Trinajstić information content (AvgIpc) is 2.30. The van der Waals surface area contributed by atoms with Crippen LogP contribution in [0.5, 0.6) is 5.75 Å². The molecule has 0 bridgehead atoms. The van der Waals surface area contributed by atoms with Crippen molar-refractivity contribution in [1.29, 1.82) is 0 Å². The summed E-state index contributed by atoms with van der Waals surface area (Å²) >= 11 is 9.00. The molecule has 0 aliphatic heterocycles. The normalized spacial score (nSPS) is 10.3. The molecule has 0 spiro atoms. The van der Waals surface area contributed by atoms with Crippen LogP contribution in [0.4, 0.5) is 4.39 Å². The maximum Gasteiger partial charge on any atom is 0.166 e. The minimum Gasteiger partial charge on any atom is -0.486 e. The SMILES string of the molecule is Fc1cc(Cl)ccc1OCc1ccc(Br)cc1. The minimum atomic E-state index is -0.449. The summed E-state index contributed by atoms with van der Waals surface area (Å²) < 4.78 is 19.8. The first kappa shape index (κ1) is 12.4. The lowest BCUT2D eigenvalue weighted by Gasteiger charge is -2.07. The maximum atomic E-state index is 13.4. The van der Waals surface area contributed by atoms with E-state index in [1.54, 1.807) is 6.07 Å². The molecule has 0 N–H and O–H groups in total. The highest BCUT2D eigenvalue weighted by molar-refractivity contribution is 9.10. The molecule has 0 saturated heterocycles. The highest BCUT2D eigenvalue weighted by Crippen LogP contribution is 2.22. The molecule has 0 amide bonds. The highest BCUT2D eigenvalue weighted by Gasteiger charge is 2.04. The average molecular weight is 316 g/mol. The lowest BCUT2D eigenvalue weighted by Crippen LogP contribution is -1.97. The van der Waals surface area contributed by atoms with Crippen LogP contribution in [0, 0.1) is 5.82 Å². The van der Waals surface area contributed by atoms with E-state index in [1.165, 1.54) is 12.1 Å². The van der Waals surface area contributed by atoms with E-state index >= 15 is 0 Å². The molecular formula is C13H9BrClFO. The van der Waals surface area contributed by atoms with Crippen molar-refractivity contribution < 1.29 is 9.13 Å². The van der Waals surface area contributed by atoms with Gasteiger partial charge in [0.1, 0.15) is 6.61 Å². The standard InChI is InChI=1S/C13H9BrClFO/c14-10-3-1-9(2-4-10)8-17-13-6-5-11(15)7-12(13)16/h1-7H,8H2. The van der Waals surface area contributed by atoms with Gasteiger partial charge in [0.25, 0.3) is 0 Å². The van der Waals surface area contributed by atoms with E-state index in [4.69, 9.17) is 16.3 Å². The Labute approximate surface area is 112 Å². The van der Waals surface area contributed by atoms with Crippen LogP contribution in [0.3, 0.4) is 0 Å². The fourth-order valence-electron chi connectivity index (χ4n) is 1.33. The van der Waals surface area contributed by atoms with Gasteiger partial charge >= 0.3 is 0 Å². The molecule has 0 unspecified atom stereocenters. The minimum absolute atomic E-state index is 0.206. The van der Waals surface area contributed by atoms with Gasteiger partial charge in [-0.2, -0.15) is 0 Å². The van der Waals surface area contributed by atoms with E-state index in [0.29, 0.717) is 11.6 Å². The number of hydrogen-bond donors (Lipinski definition) is 0. The summed E-state index contributed by atoms with van der Waals surface area (Å²) in [7, 11) is 0. The summed E-state index contributed by atoms with van der Waals surface area (Å²) in [6, 6.07) is 12.0. The zero-order valence-electron chi connectivity index (χ0n) is 8.79. The molecular weight excluding hydrogens is 306 g/mol. The second kappa shape index (κ2) is 5.52. The van der Waals surface area contributed by atoms with E-state index in [9.17, 15) is 4.39 Å². The Morgan fingerprint density at radius 1 is 1.12 bits per heavy atom. The molecule has 88 valence electrons. The monoisotopic (exact) mass is 314 g/mol. The van der Waals surface area contributed by atoms with Gasteiger partial charge in [-0.05, 0) is 35.9 Å². The first-order chi connectivity index (χ1) is 8.15. The van der Waals surface area contributed by atoms with Crippen molar-refractivity contribution in [3.05, 3.63) is 63.3 Å². The predicted octanol–water partition coefficient (Wildman–Crippen LogP) is 4.82. The fourth-order valence-corrected chi connectivity index (χ4v) is 1.76. The smallest absolute Gasteiger partial charge is 0.166 e. The third-order valence-corrected chi connectivity index (χ3v) is 2.97. The van der Waals surface area contributed by atoms with Gasteiger partial charge in [0.05, 0.1) is 0 Å². The summed E-state index contributed by atoms with van der Waals surface area (Å²) in [5, 5.41) is 0.360. The van der Waals surface area contributed by atoms with E-state index in [0.717, 1.165) is 10.0 Å². The number of benzene rings is 2. The van der Waals surface area contributed by atoms with Gasteiger partial charge < -0.3 is 4.74 Å². The van der Waals surface area contributed by atoms with Gasteiger partial charge in [-0.25, -0.2) is 4.39 Å². The highest BCUT2D eigenvalue weighted by atomic mass is 79.9. The maximum absolute atomic E-state index is 13.4. The van der Waals surface area contributed by atoms with Crippen molar-refractivity contribution in [3.8, 4) is 5.75 Å². The molecule has 0 aromatic heterocycles. The molecule has 0 aliphatic carbocycles. The number of rotatable bonds is 3. The van der Waals surface area contributed by atoms with E-state index in [1.807, 2.05) is 24.3 Å². The molecule has 2 aromatic rings. The second-order valence-corrected chi connectivity index (χ2v) is 4.84. The molecule has 1 nitrogen and oxygen atoms in total. The van der Waals surface area contributed by atoms with E-state index in [2.05, 4.69) is 15.9 Å². The van der Waals surface area contributed by atoms with Crippen LogP contribution in [0.1, 0.15) is 5.56 Å². The van der Waals surface area contributed by atoms with Gasteiger partial charge in [0.2, 0.25) is 0 Å². The third kappa shape index (κ3) is 3.45. The second-order valence-electron chi connectivity index (χ2n) is 3.49. The van der Waals surface area contributed by atoms with Gasteiger partial charge in [0.15, 0.2) is 11.6 Å². The Balaban J connectivity index is 2.04. The molecule has 0 aliphatic rings. The van der Waals surface area contributed by atoms with Crippen molar-refractivity contribution in [1.82, 2.24) is 0 Å². The first-order valence-corrected chi connectivity index (χ1v) is 6.14. The van der Waals surface area contributed by atoms with Crippen LogP contribution >= 0.6 is 27.5 Å². The van der Waals surface area contributed by atoms with Gasteiger partial charge in [-0.1, -0.05) is 39.7 Å². The van der Waals surface area contributed by atoms with Gasteiger partial charge in [-0.3, -0.25) is 0 Å². The molecule has 2 aromatic carbocycles. The molecule has 0 heterocycles. The molecule has 0 saturated carbocycles. The molecule has 4 heteroatoms. The van der Waals surface area contributed by atoms with Crippen LogP contribution in [0.2, 0.25) is 5.02 Å². The molecule has 0 radical (unpaired) electrons. The summed E-state index contributed by atoms with van der Waals surface area (Å²) in [6.07, 6.45) is 0. The van der Waals surface area contributed by atoms with Crippen molar-refractivity contribution in [3.63, 3.8) is 0 Å². The summed E-state index contributed by atoms with van der Waals surface area (Å²) in [4.78, 5) is 0. The Kier molecular flexibility index (Phi) is 4.02. The van der Waals surface area contributed by atoms with Crippen LogP contribution in [0.25, 0.3) is 0 Å². The van der Waals surface area contributed by atoms with Crippen LogP contribution in [0.15, 0.2) is 46.9 Å². The van der Waals surface area contributed by atoms with Crippen LogP contribution in [-0.4, -0.2) is 0 Å². The summed E-state index contributed by atoms with van der Waals surface area (Å²) in [5.74, 6) is -0.244. The molecule has 17 heavy (non-hydrogen) atoms. The van der Waals surface area contributed by atoms with E-state index < -0.39 is 5.82 Å². The third-order valence-electron chi connectivity index (χ3n) is 2.20. The number of ether oxygens (including phenoxy) is 1. The molecule has 0 fully saturated rings. The van der Waals surface area contributed by atoms with E-state index in [-0.39, 0.29) is 5.75 Å². The number of halogens is 3. The quantitative estimate of drug-likeness (QED) is 0.789. The van der Waals surface area contributed by atoms with Crippen LogP contribution in [-0.2, 0) is 6.61 Å².